The number of carbonyl (C=O) groups excluding carboxylic acids is 3. The zero-order valence-electron chi connectivity index (χ0n) is 12.5. The first kappa shape index (κ1) is 19.3. The van der Waals surface area contributed by atoms with Crippen LogP contribution in [0.1, 0.15) is 6.42 Å². The van der Waals surface area contributed by atoms with Crippen molar-refractivity contribution in [2.75, 3.05) is 23.9 Å². The molecule has 0 saturated carbocycles. The van der Waals surface area contributed by atoms with E-state index in [-0.39, 0.29) is 0 Å². The molecule has 0 aliphatic heterocycles. The number of amides is 3. The highest BCUT2D eigenvalue weighted by molar-refractivity contribution is 9.10. The van der Waals surface area contributed by atoms with Gasteiger partial charge in [-0.15, -0.1) is 0 Å². The highest BCUT2D eigenvalue weighted by atomic mass is 79.9. The van der Waals surface area contributed by atoms with Crippen LogP contribution in [0.5, 0.6) is 0 Å². The third-order valence-electron chi connectivity index (χ3n) is 2.71. The third-order valence-corrected chi connectivity index (χ3v) is 4.04. The average Bonchev–Trinajstić information content (AvgIpc) is 2.51. The molecule has 0 spiro atoms. The molecule has 0 unspecified atom stereocenters. The molecule has 9 heteroatoms. The summed E-state index contributed by atoms with van der Waals surface area (Å²) >= 11 is 4.82. The molecule has 1 atom stereocenters. The number of primary amides is 1. The molecule has 0 aliphatic carbocycles. The fraction of sp³-hybridized carbons (Fsp3) is 0.357. The molecule has 126 valence electrons. The van der Waals surface area contributed by atoms with Crippen molar-refractivity contribution in [3.05, 3.63) is 28.7 Å². The summed E-state index contributed by atoms with van der Waals surface area (Å²) in [5, 5.41) is 4.92. The fourth-order valence-corrected chi connectivity index (χ4v) is 2.50. The van der Waals surface area contributed by atoms with Crippen LogP contribution in [0.25, 0.3) is 0 Å². The Kier molecular flexibility index (Phi) is 8.49. The van der Waals surface area contributed by atoms with Crippen LogP contribution in [-0.4, -0.2) is 42.6 Å². The van der Waals surface area contributed by atoms with Crippen molar-refractivity contribution in [2.24, 2.45) is 5.73 Å². The van der Waals surface area contributed by atoms with Crippen molar-refractivity contribution in [2.45, 2.75) is 12.5 Å². The summed E-state index contributed by atoms with van der Waals surface area (Å²) in [7, 11) is 0. The van der Waals surface area contributed by atoms with Crippen molar-refractivity contribution in [3.8, 4) is 0 Å². The van der Waals surface area contributed by atoms with Crippen LogP contribution in [0, 0.1) is 0 Å². The molecule has 1 rings (SSSR count). The van der Waals surface area contributed by atoms with Gasteiger partial charge < -0.3 is 21.1 Å². The number of nitrogens with one attached hydrogen (secondary N) is 2. The van der Waals surface area contributed by atoms with Crippen LogP contribution in [0.3, 0.4) is 0 Å². The van der Waals surface area contributed by atoms with Gasteiger partial charge in [-0.05, 0) is 46.5 Å². The molecule has 0 saturated heterocycles. The molecule has 4 N–H and O–H groups in total. The Morgan fingerprint density at radius 3 is 2.65 bits per heavy atom. The normalized spacial score (nSPS) is 11.4. The van der Waals surface area contributed by atoms with Crippen molar-refractivity contribution in [3.63, 3.8) is 0 Å². The molecule has 0 radical (unpaired) electrons. The smallest absolute Gasteiger partial charge is 0.329 e. The molecule has 1 aromatic rings. The van der Waals surface area contributed by atoms with Crippen molar-refractivity contribution < 1.29 is 19.1 Å². The Labute approximate surface area is 146 Å². The number of para-hydroxylation sites is 1. The maximum Gasteiger partial charge on any atom is 0.329 e. The molecule has 3 amide bonds. The summed E-state index contributed by atoms with van der Waals surface area (Å²) in [5.41, 5.74) is 5.60. The van der Waals surface area contributed by atoms with Gasteiger partial charge in [-0.2, -0.15) is 11.8 Å². The largest absolute Gasteiger partial charge is 0.454 e. The molecule has 0 aromatic heterocycles. The summed E-state index contributed by atoms with van der Waals surface area (Å²) in [5.74, 6) is -0.531. The second kappa shape index (κ2) is 10.1. The topological polar surface area (TPSA) is 111 Å². The lowest BCUT2D eigenvalue weighted by Crippen LogP contribution is -2.45. The van der Waals surface area contributed by atoms with E-state index in [1.165, 1.54) is 11.8 Å². The zero-order valence-corrected chi connectivity index (χ0v) is 14.9. The number of ether oxygens (including phenoxy) is 1. The van der Waals surface area contributed by atoms with Crippen molar-refractivity contribution in [1.29, 1.82) is 0 Å². The Bertz CT molecular complexity index is 571. The van der Waals surface area contributed by atoms with Gasteiger partial charge in [0.25, 0.3) is 5.91 Å². The molecule has 0 bridgehead atoms. The number of urea groups is 1. The van der Waals surface area contributed by atoms with E-state index in [2.05, 4.69) is 26.6 Å². The van der Waals surface area contributed by atoms with Crippen LogP contribution in [-0.2, 0) is 14.3 Å². The van der Waals surface area contributed by atoms with Gasteiger partial charge >= 0.3 is 12.0 Å². The van der Waals surface area contributed by atoms with E-state index in [4.69, 9.17) is 10.5 Å². The van der Waals surface area contributed by atoms with Crippen LogP contribution in [0.15, 0.2) is 28.7 Å². The number of benzene rings is 1. The van der Waals surface area contributed by atoms with Crippen molar-refractivity contribution in [1.82, 2.24) is 5.32 Å². The Morgan fingerprint density at radius 1 is 1.35 bits per heavy atom. The second-order valence-electron chi connectivity index (χ2n) is 4.48. The molecule has 1 aromatic carbocycles. The van der Waals surface area contributed by atoms with Gasteiger partial charge in [0.2, 0.25) is 0 Å². The number of rotatable bonds is 8. The molecule has 0 heterocycles. The summed E-state index contributed by atoms with van der Waals surface area (Å²) in [4.78, 5) is 34.6. The number of carbonyl (C=O) groups is 3. The molecular formula is C14H18BrN3O4S. The number of nitrogens with two attached hydrogens (primary N) is 1. The number of halogens is 1. The Morgan fingerprint density at radius 2 is 2.04 bits per heavy atom. The van der Waals surface area contributed by atoms with Gasteiger partial charge in [0.15, 0.2) is 6.61 Å². The van der Waals surface area contributed by atoms with Gasteiger partial charge in [-0.25, -0.2) is 9.59 Å². The summed E-state index contributed by atoms with van der Waals surface area (Å²) in [6.45, 7) is -0.448. The highest BCUT2D eigenvalue weighted by Crippen LogP contribution is 2.20. The van der Waals surface area contributed by atoms with Crippen molar-refractivity contribution >= 4 is 51.3 Å². The number of esters is 1. The molecular weight excluding hydrogens is 386 g/mol. The van der Waals surface area contributed by atoms with Gasteiger partial charge in [-0.1, -0.05) is 12.1 Å². The van der Waals surface area contributed by atoms with E-state index in [1.807, 2.05) is 12.3 Å². The van der Waals surface area contributed by atoms with E-state index < -0.39 is 30.6 Å². The maximum absolute atomic E-state index is 11.9. The first-order valence-electron chi connectivity index (χ1n) is 6.70. The zero-order chi connectivity index (χ0) is 17.2. The number of thioether (sulfide) groups is 1. The van der Waals surface area contributed by atoms with Crippen LogP contribution in [0.2, 0.25) is 0 Å². The monoisotopic (exact) mass is 403 g/mol. The number of anilines is 1. The van der Waals surface area contributed by atoms with Gasteiger partial charge in [0.05, 0.1) is 5.69 Å². The molecule has 0 aliphatic rings. The van der Waals surface area contributed by atoms with Crippen LogP contribution in [0.4, 0.5) is 10.5 Å². The molecule has 7 nitrogen and oxygen atoms in total. The first-order valence-corrected chi connectivity index (χ1v) is 8.88. The highest BCUT2D eigenvalue weighted by Gasteiger charge is 2.21. The minimum Gasteiger partial charge on any atom is -0.454 e. The number of hydrogen-bond acceptors (Lipinski definition) is 5. The third kappa shape index (κ3) is 7.38. The number of hydrogen-bond donors (Lipinski definition) is 3. The van der Waals surface area contributed by atoms with Crippen LogP contribution >= 0.6 is 27.7 Å². The standard InChI is InChI=1S/C14H18BrN3O4S/c1-23-7-6-11(18-14(16)21)13(20)22-8-12(19)17-10-5-3-2-4-9(10)15/h2-5,11H,6-8H2,1H3,(H,17,19)(H3,16,18,21)/t11-/m1/s1. The molecule has 23 heavy (non-hydrogen) atoms. The quantitative estimate of drug-likeness (QED) is 0.572. The molecule has 0 fully saturated rings. The van der Waals surface area contributed by atoms with Gasteiger partial charge in [0, 0.05) is 4.47 Å². The Hall–Kier alpha value is -1.74. The summed E-state index contributed by atoms with van der Waals surface area (Å²) in [6.07, 6.45) is 2.24. The minimum atomic E-state index is -0.865. The van der Waals surface area contributed by atoms with E-state index >= 15 is 0 Å². The van der Waals surface area contributed by atoms with Gasteiger partial charge in [-0.3, -0.25) is 4.79 Å². The minimum absolute atomic E-state index is 0.370. The van der Waals surface area contributed by atoms with E-state index in [0.29, 0.717) is 22.3 Å². The van der Waals surface area contributed by atoms with E-state index in [0.717, 1.165) is 0 Å². The maximum atomic E-state index is 11.9. The van der Waals surface area contributed by atoms with E-state index in [9.17, 15) is 14.4 Å². The SMILES string of the molecule is CSCC[C@@H](NC(N)=O)C(=O)OCC(=O)Nc1ccccc1Br. The lowest BCUT2D eigenvalue weighted by atomic mass is 10.2. The second-order valence-corrected chi connectivity index (χ2v) is 6.32. The predicted molar refractivity (Wildman–Crippen MR) is 93.2 cm³/mol. The predicted octanol–water partition coefficient (Wildman–Crippen LogP) is 1.72. The summed E-state index contributed by atoms with van der Waals surface area (Å²) < 4.78 is 5.65. The fourth-order valence-electron chi connectivity index (χ4n) is 1.64. The summed E-state index contributed by atoms with van der Waals surface area (Å²) in [6, 6.07) is 5.38. The van der Waals surface area contributed by atoms with Gasteiger partial charge in [0.1, 0.15) is 6.04 Å². The van der Waals surface area contributed by atoms with Crippen LogP contribution < -0.4 is 16.4 Å². The average molecular weight is 404 g/mol. The van der Waals surface area contributed by atoms with E-state index in [1.54, 1.807) is 18.2 Å². The lowest BCUT2D eigenvalue weighted by Gasteiger charge is -2.16. The first-order chi connectivity index (χ1) is 10.9. The Balaban J connectivity index is 2.50. The lowest BCUT2D eigenvalue weighted by molar-refractivity contribution is -0.149.